The van der Waals surface area contributed by atoms with Gasteiger partial charge < -0.3 is 4.74 Å². The Morgan fingerprint density at radius 2 is 1.65 bits per heavy atom. The van der Waals surface area contributed by atoms with Crippen LogP contribution in [0, 0.1) is 0 Å². The van der Waals surface area contributed by atoms with Crippen molar-refractivity contribution in [1.82, 2.24) is 0 Å². The molecule has 0 saturated heterocycles. The van der Waals surface area contributed by atoms with Gasteiger partial charge in [-0.2, -0.15) is 0 Å². The Labute approximate surface area is 123 Å². The third kappa shape index (κ3) is 6.74. The van der Waals surface area contributed by atoms with Crippen molar-refractivity contribution >= 4 is 5.97 Å². The highest BCUT2D eigenvalue weighted by atomic mass is 16.5. The first-order valence-electron chi connectivity index (χ1n) is 8.00. The average Bonchev–Trinajstić information content (AvgIpc) is 2.46. The van der Waals surface area contributed by atoms with E-state index in [2.05, 4.69) is 26.0 Å². The van der Waals surface area contributed by atoms with Crippen molar-refractivity contribution in [3.8, 4) is 0 Å². The Morgan fingerprint density at radius 1 is 0.950 bits per heavy atom. The molecule has 1 rings (SSSR count). The summed E-state index contributed by atoms with van der Waals surface area (Å²) >= 11 is 0. The number of hydrogen-bond donors (Lipinski definition) is 0. The molecule has 1 aromatic carbocycles. The maximum absolute atomic E-state index is 11.7. The SMILES string of the molecule is CCCCCCCC(=O)OCc1ccccc1CCC. The molecule has 0 spiro atoms. The van der Waals surface area contributed by atoms with Crippen LogP contribution in [0.2, 0.25) is 0 Å². The van der Waals surface area contributed by atoms with Gasteiger partial charge in [-0.05, 0) is 24.0 Å². The first kappa shape index (κ1) is 16.7. The molecule has 20 heavy (non-hydrogen) atoms. The van der Waals surface area contributed by atoms with E-state index in [0.29, 0.717) is 13.0 Å². The van der Waals surface area contributed by atoms with E-state index in [9.17, 15) is 4.79 Å². The van der Waals surface area contributed by atoms with Crippen LogP contribution in [0.1, 0.15) is 69.9 Å². The molecule has 0 aliphatic rings. The first-order chi connectivity index (χ1) is 9.77. The lowest BCUT2D eigenvalue weighted by molar-refractivity contribution is -0.145. The zero-order valence-corrected chi connectivity index (χ0v) is 13.0. The Bertz CT molecular complexity index is 385. The molecule has 0 unspecified atom stereocenters. The standard InChI is InChI=1S/C18H28O2/c1-3-5-6-7-8-14-18(19)20-15-17-13-10-9-12-16(17)11-4-2/h9-10,12-13H,3-8,11,14-15H2,1-2H3. The van der Waals surface area contributed by atoms with Gasteiger partial charge in [0.15, 0.2) is 0 Å². The minimum absolute atomic E-state index is 0.0622. The number of carbonyl (C=O) groups is 1. The molecular formula is C18H28O2. The molecule has 0 bridgehead atoms. The van der Waals surface area contributed by atoms with Crippen LogP contribution in [0.5, 0.6) is 0 Å². The molecule has 0 fully saturated rings. The van der Waals surface area contributed by atoms with Gasteiger partial charge in [0.05, 0.1) is 0 Å². The molecular weight excluding hydrogens is 248 g/mol. The minimum atomic E-state index is -0.0622. The van der Waals surface area contributed by atoms with Gasteiger partial charge in [-0.15, -0.1) is 0 Å². The Morgan fingerprint density at radius 3 is 2.35 bits per heavy atom. The van der Waals surface area contributed by atoms with Gasteiger partial charge >= 0.3 is 5.97 Å². The maximum atomic E-state index is 11.7. The molecule has 0 heterocycles. The number of aryl methyl sites for hydroxylation is 1. The average molecular weight is 276 g/mol. The molecule has 0 N–H and O–H groups in total. The summed E-state index contributed by atoms with van der Waals surface area (Å²) in [5.41, 5.74) is 2.44. The molecule has 0 amide bonds. The van der Waals surface area contributed by atoms with Gasteiger partial charge in [-0.25, -0.2) is 0 Å². The van der Waals surface area contributed by atoms with Crippen LogP contribution in [-0.2, 0) is 22.6 Å². The lowest BCUT2D eigenvalue weighted by atomic mass is 10.0. The van der Waals surface area contributed by atoms with Crippen LogP contribution in [-0.4, -0.2) is 5.97 Å². The van der Waals surface area contributed by atoms with E-state index < -0.39 is 0 Å². The second-order valence-electron chi connectivity index (χ2n) is 5.34. The van der Waals surface area contributed by atoms with Crippen LogP contribution in [0.3, 0.4) is 0 Å². The zero-order valence-electron chi connectivity index (χ0n) is 13.0. The smallest absolute Gasteiger partial charge is 0.306 e. The van der Waals surface area contributed by atoms with Crippen molar-refractivity contribution in [3.05, 3.63) is 35.4 Å². The Hall–Kier alpha value is -1.31. The molecule has 112 valence electrons. The largest absolute Gasteiger partial charge is 0.461 e. The third-order valence-electron chi connectivity index (χ3n) is 3.51. The summed E-state index contributed by atoms with van der Waals surface area (Å²) in [4.78, 5) is 11.7. The van der Waals surface area contributed by atoms with E-state index >= 15 is 0 Å². The van der Waals surface area contributed by atoms with E-state index in [4.69, 9.17) is 4.74 Å². The van der Waals surface area contributed by atoms with Crippen LogP contribution in [0.4, 0.5) is 0 Å². The molecule has 0 aliphatic heterocycles. The Balaban J connectivity index is 2.26. The van der Waals surface area contributed by atoms with Gasteiger partial charge in [0.25, 0.3) is 0 Å². The first-order valence-corrected chi connectivity index (χ1v) is 8.00. The molecule has 0 saturated carbocycles. The second-order valence-corrected chi connectivity index (χ2v) is 5.34. The van der Waals surface area contributed by atoms with Crippen LogP contribution < -0.4 is 0 Å². The predicted octanol–water partition coefficient (Wildman–Crippen LogP) is 5.04. The second kappa shape index (κ2) is 10.5. The van der Waals surface area contributed by atoms with Crippen molar-refractivity contribution < 1.29 is 9.53 Å². The molecule has 0 atom stereocenters. The summed E-state index contributed by atoms with van der Waals surface area (Å²) in [5.74, 6) is -0.0622. The van der Waals surface area contributed by atoms with E-state index in [1.807, 2.05) is 12.1 Å². The summed E-state index contributed by atoms with van der Waals surface area (Å²) in [6.45, 7) is 4.78. The fourth-order valence-corrected chi connectivity index (χ4v) is 2.31. The summed E-state index contributed by atoms with van der Waals surface area (Å²) in [6.07, 6.45) is 8.53. The topological polar surface area (TPSA) is 26.3 Å². The molecule has 1 aromatic rings. The van der Waals surface area contributed by atoms with Crippen LogP contribution in [0.15, 0.2) is 24.3 Å². The normalized spacial score (nSPS) is 10.5. The fourth-order valence-electron chi connectivity index (χ4n) is 2.31. The molecule has 0 aromatic heterocycles. The minimum Gasteiger partial charge on any atom is -0.461 e. The summed E-state index contributed by atoms with van der Waals surface area (Å²) in [6, 6.07) is 8.23. The lowest BCUT2D eigenvalue weighted by Crippen LogP contribution is -2.06. The molecule has 2 nitrogen and oxygen atoms in total. The van der Waals surface area contributed by atoms with Gasteiger partial charge in [-0.3, -0.25) is 4.79 Å². The van der Waals surface area contributed by atoms with Gasteiger partial charge in [0.2, 0.25) is 0 Å². The highest BCUT2D eigenvalue weighted by Gasteiger charge is 2.06. The van der Waals surface area contributed by atoms with Gasteiger partial charge in [0, 0.05) is 6.42 Å². The zero-order chi connectivity index (χ0) is 14.6. The van der Waals surface area contributed by atoms with E-state index in [1.165, 1.54) is 24.8 Å². The maximum Gasteiger partial charge on any atom is 0.306 e. The van der Waals surface area contributed by atoms with Crippen LogP contribution in [0.25, 0.3) is 0 Å². The number of rotatable bonds is 10. The van der Waals surface area contributed by atoms with Crippen molar-refractivity contribution in [1.29, 1.82) is 0 Å². The van der Waals surface area contributed by atoms with Crippen LogP contribution >= 0.6 is 0 Å². The lowest BCUT2D eigenvalue weighted by Gasteiger charge is -2.09. The van der Waals surface area contributed by atoms with E-state index in [-0.39, 0.29) is 5.97 Å². The van der Waals surface area contributed by atoms with Crippen molar-refractivity contribution in [2.75, 3.05) is 0 Å². The van der Waals surface area contributed by atoms with Crippen molar-refractivity contribution in [2.24, 2.45) is 0 Å². The third-order valence-corrected chi connectivity index (χ3v) is 3.51. The van der Waals surface area contributed by atoms with E-state index in [1.54, 1.807) is 0 Å². The number of unbranched alkanes of at least 4 members (excludes halogenated alkanes) is 4. The number of carbonyl (C=O) groups excluding carboxylic acids is 1. The molecule has 0 aliphatic carbocycles. The van der Waals surface area contributed by atoms with E-state index in [0.717, 1.165) is 31.2 Å². The van der Waals surface area contributed by atoms with Gasteiger partial charge in [0.1, 0.15) is 6.61 Å². The summed E-state index contributed by atoms with van der Waals surface area (Å²) in [7, 11) is 0. The summed E-state index contributed by atoms with van der Waals surface area (Å²) < 4.78 is 5.38. The monoisotopic (exact) mass is 276 g/mol. The number of benzene rings is 1. The highest BCUT2D eigenvalue weighted by Crippen LogP contribution is 2.13. The molecule has 2 heteroatoms. The highest BCUT2D eigenvalue weighted by molar-refractivity contribution is 5.69. The van der Waals surface area contributed by atoms with Crippen molar-refractivity contribution in [2.45, 2.75) is 71.8 Å². The quantitative estimate of drug-likeness (QED) is 0.442. The summed E-state index contributed by atoms with van der Waals surface area (Å²) in [5, 5.41) is 0. The van der Waals surface area contributed by atoms with Gasteiger partial charge in [-0.1, -0.05) is 70.2 Å². The number of ether oxygens (including phenoxy) is 1. The predicted molar refractivity (Wildman–Crippen MR) is 83.6 cm³/mol. The number of hydrogen-bond acceptors (Lipinski definition) is 2. The fraction of sp³-hybridized carbons (Fsp3) is 0.611. The number of esters is 1. The molecule has 0 radical (unpaired) electrons. The van der Waals surface area contributed by atoms with Crippen molar-refractivity contribution in [3.63, 3.8) is 0 Å². The Kier molecular flexibility index (Phi) is 8.77.